The zero-order valence-corrected chi connectivity index (χ0v) is 10.4. The lowest BCUT2D eigenvalue weighted by atomic mass is 10.1. The number of benzene rings is 1. The Morgan fingerprint density at radius 3 is 2.47 bits per heavy atom. The van der Waals surface area contributed by atoms with Crippen LogP contribution in [0.15, 0.2) is 24.3 Å². The molecule has 0 saturated carbocycles. The van der Waals surface area contributed by atoms with Crippen molar-refractivity contribution in [3.05, 3.63) is 35.4 Å². The summed E-state index contributed by atoms with van der Waals surface area (Å²) in [6.45, 7) is 3.49. The van der Waals surface area contributed by atoms with Crippen LogP contribution in [0.25, 0.3) is 0 Å². The molecule has 0 radical (unpaired) electrons. The van der Waals surface area contributed by atoms with Gasteiger partial charge in [0.15, 0.2) is 0 Å². The monoisotopic (exact) mass is 228 g/mol. The van der Waals surface area contributed by atoms with Crippen molar-refractivity contribution in [1.29, 1.82) is 5.26 Å². The fraction of sp³-hybridized carbons (Fsp3) is 0.533. The van der Waals surface area contributed by atoms with E-state index in [1.807, 2.05) is 6.07 Å². The minimum atomic E-state index is 0.522. The van der Waals surface area contributed by atoms with Crippen molar-refractivity contribution in [2.45, 2.75) is 38.6 Å². The second-order valence-corrected chi connectivity index (χ2v) is 4.85. The van der Waals surface area contributed by atoms with Gasteiger partial charge < -0.3 is 0 Å². The first-order valence-electron chi connectivity index (χ1n) is 6.55. The maximum atomic E-state index is 8.71. The topological polar surface area (TPSA) is 27.0 Å². The summed E-state index contributed by atoms with van der Waals surface area (Å²) < 4.78 is 0. The quantitative estimate of drug-likeness (QED) is 0.794. The van der Waals surface area contributed by atoms with Crippen LogP contribution in [0.3, 0.4) is 0 Å². The van der Waals surface area contributed by atoms with Gasteiger partial charge in [-0.15, -0.1) is 0 Å². The van der Waals surface area contributed by atoms with Crippen LogP contribution in [0, 0.1) is 11.3 Å². The molecule has 0 atom stereocenters. The molecule has 1 saturated heterocycles. The summed E-state index contributed by atoms with van der Waals surface area (Å²) in [5, 5.41) is 8.71. The molecule has 1 aliphatic heterocycles. The van der Waals surface area contributed by atoms with Gasteiger partial charge in [-0.3, -0.25) is 4.90 Å². The number of hydrogen-bond donors (Lipinski definition) is 0. The van der Waals surface area contributed by atoms with Crippen LogP contribution in [0.2, 0.25) is 0 Å². The highest BCUT2D eigenvalue weighted by molar-refractivity contribution is 5.25. The molecule has 1 aliphatic rings. The largest absolute Gasteiger partial charge is 0.299 e. The minimum absolute atomic E-state index is 0.522. The van der Waals surface area contributed by atoms with Gasteiger partial charge in [-0.1, -0.05) is 37.1 Å². The van der Waals surface area contributed by atoms with Gasteiger partial charge in [0, 0.05) is 6.54 Å². The average Bonchev–Trinajstić information content (AvgIpc) is 2.59. The van der Waals surface area contributed by atoms with E-state index in [1.54, 1.807) is 0 Å². The smallest absolute Gasteiger partial charge is 0.0669 e. The molecule has 1 fully saturated rings. The molecule has 0 amide bonds. The Labute approximate surface area is 104 Å². The summed E-state index contributed by atoms with van der Waals surface area (Å²) in [5.41, 5.74) is 2.49. The molecule has 0 bridgehead atoms. The number of hydrogen-bond acceptors (Lipinski definition) is 2. The highest BCUT2D eigenvalue weighted by Crippen LogP contribution is 2.14. The zero-order valence-electron chi connectivity index (χ0n) is 10.4. The molecule has 1 aromatic carbocycles. The highest BCUT2D eigenvalue weighted by Gasteiger charge is 2.09. The predicted octanol–water partition coefficient (Wildman–Crippen LogP) is 3.13. The fourth-order valence-electron chi connectivity index (χ4n) is 2.48. The summed E-state index contributed by atoms with van der Waals surface area (Å²) in [6.07, 6.45) is 5.94. The van der Waals surface area contributed by atoms with Crippen molar-refractivity contribution in [2.75, 3.05) is 13.1 Å². The van der Waals surface area contributed by atoms with E-state index in [0.717, 1.165) is 12.1 Å². The molecule has 2 nitrogen and oxygen atoms in total. The van der Waals surface area contributed by atoms with E-state index in [9.17, 15) is 0 Å². The SMILES string of the molecule is N#CCc1cccc(CN2CCCCCC2)c1. The third-order valence-electron chi connectivity index (χ3n) is 3.38. The molecule has 90 valence electrons. The molecule has 0 aliphatic carbocycles. The Morgan fingerprint density at radius 1 is 1.06 bits per heavy atom. The van der Waals surface area contributed by atoms with Gasteiger partial charge in [-0.05, 0) is 37.1 Å². The van der Waals surface area contributed by atoms with Crippen molar-refractivity contribution < 1.29 is 0 Å². The van der Waals surface area contributed by atoms with E-state index in [4.69, 9.17) is 5.26 Å². The lowest BCUT2D eigenvalue weighted by molar-refractivity contribution is 0.277. The van der Waals surface area contributed by atoms with Crippen LogP contribution in [-0.2, 0) is 13.0 Å². The second-order valence-electron chi connectivity index (χ2n) is 4.85. The Hall–Kier alpha value is -1.33. The molecule has 1 heterocycles. The van der Waals surface area contributed by atoms with Crippen LogP contribution >= 0.6 is 0 Å². The zero-order chi connectivity index (χ0) is 11.9. The minimum Gasteiger partial charge on any atom is -0.299 e. The first-order valence-corrected chi connectivity index (χ1v) is 6.55. The molecule has 0 aromatic heterocycles. The van der Waals surface area contributed by atoms with Crippen molar-refractivity contribution >= 4 is 0 Å². The molecule has 1 aromatic rings. The van der Waals surface area contributed by atoms with E-state index in [2.05, 4.69) is 29.2 Å². The van der Waals surface area contributed by atoms with Crippen molar-refractivity contribution in [3.8, 4) is 6.07 Å². The van der Waals surface area contributed by atoms with Gasteiger partial charge in [0.2, 0.25) is 0 Å². The van der Waals surface area contributed by atoms with Crippen LogP contribution in [0.5, 0.6) is 0 Å². The summed E-state index contributed by atoms with van der Waals surface area (Å²) in [6, 6.07) is 10.7. The van der Waals surface area contributed by atoms with E-state index in [1.165, 1.54) is 44.3 Å². The average molecular weight is 228 g/mol. The number of nitrogens with zero attached hydrogens (tertiary/aromatic N) is 2. The molecular formula is C15H20N2. The molecule has 2 rings (SSSR count). The number of nitriles is 1. The van der Waals surface area contributed by atoms with E-state index in [0.29, 0.717) is 6.42 Å². The molecule has 17 heavy (non-hydrogen) atoms. The summed E-state index contributed by atoms with van der Waals surface area (Å²) in [4.78, 5) is 2.54. The Bertz CT molecular complexity index is 384. The maximum absolute atomic E-state index is 8.71. The number of rotatable bonds is 3. The molecule has 0 unspecified atom stereocenters. The third-order valence-corrected chi connectivity index (χ3v) is 3.38. The molecular weight excluding hydrogens is 208 g/mol. The predicted molar refractivity (Wildman–Crippen MR) is 69.5 cm³/mol. The fourth-order valence-corrected chi connectivity index (χ4v) is 2.48. The Kier molecular flexibility index (Phi) is 4.58. The van der Waals surface area contributed by atoms with Gasteiger partial charge in [0.05, 0.1) is 12.5 Å². The highest BCUT2D eigenvalue weighted by atomic mass is 15.1. The van der Waals surface area contributed by atoms with Gasteiger partial charge in [-0.2, -0.15) is 5.26 Å². The van der Waals surface area contributed by atoms with Gasteiger partial charge >= 0.3 is 0 Å². The Balaban J connectivity index is 1.97. The van der Waals surface area contributed by atoms with Gasteiger partial charge in [0.1, 0.15) is 0 Å². The van der Waals surface area contributed by atoms with Gasteiger partial charge in [0.25, 0.3) is 0 Å². The Morgan fingerprint density at radius 2 is 1.76 bits per heavy atom. The molecule has 0 spiro atoms. The standard InChI is InChI=1S/C15H20N2/c16-9-8-14-6-5-7-15(12-14)13-17-10-3-1-2-4-11-17/h5-7,12H,1-4,8,10-11,13H2. The van der Waals surface area contributed by atoms with E-state index >= 15 is 0 Å². The summed E-state index contributed by atoms with van der Waals surface area (Å²) in [7, 11) is 0. The summed E-state index contributed by atoms with van der Waals surface area (Å²) >= 11 is 0. The molecule has 2 heteroatoms. The van der Waals surface area contributed by atoms with Crippen molar-refractivity contribution in [3.63, 3.8) is 0 Å². The first-order chi connectivity index (χ1) is 8.38. The van der Waals surface area contributed by atoms with Crippen LogP contribution in [0.4, 0.5) is 0 Å². The normalized spacial score (nSPS) is 17.4. The second kappa shape index (κ2) is 6.42. The lowest BCUT2D eigenvalue weighted by Crippen LogP contribution is -2.23. The molecule has 0 N–H and O–H groups in total. The lowest BCUT2D eigenvalue weighted by Gasteiger charge is -2.19. The van der Waals surface area contributed by atoms with E-state index < -0.39 is 0 Å². The van der Waals surface area contributed by atoms with Crippen LogP contribution in [-0.4, -0.2) is 18.0 Å². The third kappa shape index (κ3) is 3.87. The maximum Gasteiger partial charge on any atom is 0.0669 e. The van der Waals surface area contributed by atoms with Gasteiger partial charge in [-0.25, -0.2) is 0 Å². The summed E-state index contributed by atoms with van der Waals surface area (Å²) in [5.74, 6) is 0. The first kappa shape index (κ1) is 12.1. The van der Waals surface area contributed by atoms with Crippen molar-refractivity contribution in [1.82, 2.24) is 4.90 Å². The number of likely N-dealkylation sites (tertiary alicyclic amines) is 1. The van der Waals surface area contributed by atoms with Crippen LogP contribution in [0.1, 0.15) is 36.8 Å². The van der Waals surface area contributed by atoms with Crippen LogP contribution < -0.4 is 0 Å². The van der Waals surface area contributed by atoms with E-state index in [-0.39, 0.29) is 0 Å². The van der Waals surface area contributed by atoms with Crippen molar-refractivity contribution in [2.24, 2.45) is 0 Å².